The predicted molar refractivity (Wildman–Crippen MR) is 68.5 cm³/mol. The van der Waals surface area contributed by atoms with Crippen molar-refractivity contribution in [2.75, 3.05) is 7.11 Å². The molecule has 19 heavy (non-hydrogen) atoms. The van der Waals surface area contributed by atoms with E-state index in [-0.39, 0.29) is 11.8 Å². The van der Waals surface area contributed by atoms with Crippen molar-refractivity contribution in [2.24, 2.45) is 0 Å². The average Bonchev–Trinajstić information content (AvgIpc) is 2.41. The summed E-state index contributed by atoms with van der Waals surface area (Å²) in [6.07, 6.45) is 2.54. The molecule has 2 rings (SSSR count). The van der Waals surface area contributed by atoms with Crippen molar-refractivity contribution in [2.45, 2.75) is 37.9 Å². The van der Waals surface area contributed by atoms with Gasteiger partial charge in [0.1, 0.15) is 6.10 Å². The van der Waals surface area contributed by atoms with Crippen LogP contribution in [0.4, 0.5) is 5.69 Å². The first-order valence-electron chi connectivity index (χ1n) is 6.29. The summed E-state index contributed by atoms with van der Waals surface area (Å²) < 4.78 is 10.8. The van der Waals surface area contributed by atoms with Crippen LogP contribution in [-0.4, -0.2) is 29.3 Å². The Hall–Kier alpha value is -1.82. The smallest absolute Gasteiger partial charge is 0.273 e. The first-order valence-corrected chi connectivity index (χ1v) is 6.29. The Morgan fingerprint density at radius 2 is 2.05 bits per heavy atom. The second kappa shape index (κ2) is 5.88. The molecule has 1 N–H and O–H groups in total. The lowest BCUT2D eigenvalue weighted by atomic mass is 9.95. The van der Waals surface area contributed by atoms with E-state index in [0.29, 0.717) is 17.9 Å². The van der Waals surface area contributed by atoms with Crippen molar-refractivity contribution in [1.29, 1.82) is 0 Å². The van der Waals surface area contributed by atoms with Crippen LogP contribution in [0, 0.1) is 10.1 Å². The van der Waals surface area contributed by atoms with Crippen LogP contribution in [0.25, 0.3) is 0 Å². The Labute approximate surface area is 111 Å². The van der Waals surface area contributed by atoms with Gasteiger partial charge in [0.15, 0.2) is 11.5 Å². The van der Waals surface area contributed by atoms with Gasteiger partial charge in [0.05, 0.1) is 24.2 Å². The molecule has 1 aromatic carbocycles. The zero-order chi connectivity index (χ0) is 13.8. The third-order valence-corrected chi connectivity index (χ3v) is 3.30. The highest BCUT2D eigenvalue weighted by molar-refractivity contribution is 5.48. The van der Waals surface area contributed by atoms with Crippen molar-refractivity contribution in [3.05, 3.63) is 28.3 Å². The number of nitrogens with zero attached hydrogens (tertiary/aromatic N) is 1. The Morgan fingerprint density at radius 3 is 2.68 bits per heavy atom. The molecule has 0 radical (unpaired) electrons. The third kappa shape index (κ3) is 3.14. The van der Waals surface area contributed by atoms with Crippen LogP contribution in [0.1, 0.15) is 25.7 Å². The number of nitro benzene ring substituents is 1. The van der Waals surface area contributed by atoms with E-state index in [1.54, 1.807) is 0 Å². The lowest BCUT2D eigenvalue weighted by Crippen LogP contribution is -2.34. The molecule has 1 aliphatic rings. The van der Waals surface area contributed by atoms with Gasteiger partial charge in [-0.1, -0.05) is 6.42 Å². The topological polar surface area (TPSA) is 81.8 Å². The minimum absolute atomic E-state index is 0.0545. The standard InChI is InChI=1S/C13H17NO5/c1-18-12-7-6-9(14(16)17)8-13(12)19-11-5-3-2-4-10(11)15/h6-8,10-11,15H,2-5H2,1H3/t10-,11-/m1/s1. The van der Waals surface area contributed by atoms with Gasteiger partial charge in [-0.3, -0.25) is 10.1 Å². The molecule has 6 heteroatoms. The van der Waals surface area contributed by atoms with Gasteiger partial charge in [-0.15, -0.1) is 0 Å². The van der Waals surface area contributed by atoms with Crippen LogP contribution in [0.5, 0.6) is 11.5 Å². The maximum atomic E-state index is 10.8. The van der Waals surface area contributed by atoms with E-state index < -0.39 is 11.0 Å². The number of ether oxygens (including phenoxy) is 2. The molecular weight excluding hydrogens is 250 g/mol. The summed E-state index contributed by atoms with van der Waals surface area (Å²) in [7, 11) is 1.48. The molecule has 0 spiro atoms. The molecule has 0 bridgehead atoms. The van der Waals surface area contributed by atoms with Crippen molar-refractivity contribution in [3.8, 4) is 11.5 Å². The highest BCUT2D eigenvalue weighted by Gasteiger charge is 2.26. The minimum Gasteiger partial charge on any atom is -0.493 e. The number of rotatable bonds is 4. The first-order chi connectivity index (χ1) is 9.11. The highest BCUT2D eigenvalue weighted by atomic mass is 16.6. The highest BCUT2D eigenvalue weighted by Crippen LogP contribution is 2.34. The number of benzene rings is 1. The SMILES string of the molecule is COc1ccc([N+](=O)[O-])cc1O[C@@H]1CCCC[C@H]1O. The lowest BCUT2D eigenvalue weighted by molar-refractivity contribution is -0.385. The zero-order valence-corrected chi connectivity index (χ0v) is 10.7. The second-order valence-corrected chi connectivity index (χ2v) is 4.60. The molecule has 0 aliphatic heterocycles. The number of non-ortho nitro benzene ring substituents is 1. The van der Waals surface area contributed by atoms with Crippen LogP contribution in [0.3, 0.4) is 0 Å². The van der Waals surface area contributed by atoms with Crippen molar-refractivity contribution in [1.82, 2.24) is 0 Å². The first kappa shape index (κ1) is 13.6. The van der Waals surface area contributed by atoms with E-state index in [0.717, 1.165) is 19.3 Å². The van der Waals surface area contributed by atoms with Gasteiger partial charge in [0.2, 0.25) is 0 Å². The number of aliphatic hydroxyl groups is 1. The zero-order valence-electron chi connectivity index (χ0n) is 10.7. The summed E-state index contributed by atoms with van der Waals surface area (Å²) in [5.74, 6) is 0.742. The Bertz CT molecular complexity index is 462. The van der Waals surface area contributed by atoms with Gasteiger partial charge in [-0.2, -0.15) is 0 Å². The monoisotopic (exact) mass is 267 g/mol. The molecule has 1 fully saturated rings. The van der Waals surface area contributed by atoms with E-state index in [2.05, 4.69) is 0 Å². The van der Waals surface area contributed by atoms with E-state index in [4.69, 9.17) is 9.47 Å². The molecule has 104 valence electrons. The van der Waals surface area contributed by atoms with Crippen LogP contribution >= 0.6 is 0 Å². The third-order valence-electron chi connectivity index (χ3n) is 3.30. The number of aliphatic hydroxyl groups excluding tert-OH is 1. The Kier molecular flexibility index (Phi) is 4.21. The molecule has 2 atom stereocenters. The number of methoxy groups -OCH3 is 1. The van der Waals surface area contributed by atoms with Crippen LogP contribution in [0.15, 0.2) is 18.2 Å². The van der Waals surface area contributed by atoms with Gasteiger partial charge in [-0.05, 0) is 25.3 Å². The molecule has 0 unspecified atom stereocenters. The van der Waals surface area contributed by atoms with Gasteiger partial charge >= 0.3 is 0 Å². The normalized spacial score (nSPS) is 22.8. The molecule has 0 amide bonds. The molecule has 0 saturated heterocycles. The largest absolute Gasteiger partial charge is 0.493 e. The summed E-state index contributed by atoms with van der Waals surface area (Å²) >= 11 is 0. The maximum absolute atomic E-state index is 10.8. The van der Waals surface area contributed by atoms with E-state index in [1.807, 2.05) is 0 Å². The summed E-state index contributed by atoms with van der Waals surface area (Å²) in [4.78, 5) is 10.3. The summed E-state index contributed by atoms with van der Waals surface area (Å²) in [5.41, 5.74) is -0.0545. The molecular formula is C13H17NO5. The minimum atomic E-state index is -0.530. The van der Waals surface area contributed by atoms with Gasteiger partial charge in [0.25, 0.3) is 5.69 Å². The van der Waals surface area contributed by atoms with Gasteiger partial charge in [0, 0.05) is 6.07 Å². The van der Waals surface area contributed by atoms with Crippen molar-refractivity contribution in [3.63, 3.8) is 0 Å². The van der Waals surface area contributed by atoms with E-state index >= 15 is 0 Å². The number of hydrogen-bond acceptors (Lipinski definition) is 5. The summed E-state index contributed by atoms with van der Waals surface area (Å²) in [5, 5.41) is 20.6. The maximum Gasteiger partial charge on any atom is 0.273 e. The molecule has 6 nitrogen and oxygen atoms in total. The van der Waals surface area contributed by atoms with E-state index in [9.17, 15) is 15.2 Å². The van der Waals surface area contributed by atoms with Crippen LogP contribution in [-0.2, 0) is 0 Å². The average molecular weight is 267 g/mol. The van der Waals surface area contributed by atoms with Crippen LogP contribution < -0.4 is 9.47 Å². The fourth-order valence-corrected chi connectivity index (χ4v) is 2.25. The van der Waals surface area contributed by atoms with Gasteiger partial charge < -0.3 is 14.6 Å². The molecule has 1 saturated carbocycles. The number of nitro groups is 1. The predicted octanol–water partition coefficient (Wildman–Crippen LogP) is 2.29. The summed E-state index contributed by atoms with van der Waals surface area (Å²) in [6, 6.07) is 4.20. The fourth-order valence-electron chi connectivity index (χ4n) is 2.25. The lowest BCUT2D eigenvalue weighted by Gasteiger charge is -2.28. The van der Waals surface area contributed by atoms with Crippen molar-refractivity contribution < 1.29 is 19.5 Å². The molecule has 1 aromatic rings. The molecule has 0 heterocycles. The van der Waals surface area contributed by atoms with Gasteiger partial charge in [-0.25, -0.2) is 0 Å². The van der Waals surface area contributed by atoms with Crippen molar-refractivity contribution >= 4 is 5.69 Å². The molecule has 0 aromatic heterocycles. The molecule has 1 aliphatic carbocycles. The number of hydrogen-bond donors (Lipinski definition) is 1. The summed E-state index contributed by atoms with van der Waals surface area (Å²) in [6.45, 7) is 0. The van der Waals surface area contributed by atoms with Crippen LogP contribution in [0.2, 0.25) is 0 Å². The fraction of sp³-hybridized carbons (Fsp3) is 0.538. The second-order valence-electron chi connectivity index (χ2n) is 4.60. The quantitative estimate of drug-likeness (QED) is 0.668. The van der Waals surface area contributed by atoms with E-state index in [1.165, 1.54) is 25.3 Å². The Balaban J connectivity index is 2.21. The Morgan fingerprint density at radius 1 is 1.32 bits per heavy atom.